The van der Waals surface area contributed by atoms with Crippen LogP contribution in [0.15, 0.2) is 67.1 Å². The monoisotopic (exact) mass is 632 g/mol. The molecule has 2 aliphatic rings. The van der Waals surface area contributed by atoms with E-state index in [4.69, 9.17) is 14.5 Å². The van der Waals surface area contributed by atoms with Gasteiger partial charge in [0.2, 0.25) is 0 Å². The van der Waals surface area contributed by atoms with Gasteiger partial charge in [-0.2, -0.15) is 5.10 Å². The van der Waals surface area contributed by atoms with Crippen LogP contribution < -0.4 is 9.47 Å². The largest absolute Gasteiger partial charge is 0.492 e. The zero-order valence-electron chi connectivity index (χ0n) is 26.2. The van der Waals surface area contributed by atoms with Gasteiger partial charge in [-0.15, -0.1) is 0 Å². The van der Waals surface area contributed by atoms with E-state index in [1.807, 2.05) is 36.5 Å². The van der Waals surface area contributed by atoms with Gasteiger partial charge in [-0.05, 0) is 99.4 Å². The number of aromatic amines is 2. The number of H-pyrrole nitrogens is 2. The van der Waals surface area contributed by atoms with Gasteiger partial charge < -0.3 is 14.5 Å². The molecule has 0 atom stereocenters. The summed E-state index contributed by atoms with van der Waals surface area (Å²) in [6.45, 7) is 7.41. The molecule has 11 heteroatoms. The summed E-state index contributed by atoms with van der Waals surface area (Å²) in [6, 6.07) is 14.8. The van der Waals surface area contributed by atoms with Crippen LogP contribution in [0, 0.1) is 5.82 Å². The first-order valence-electron chi connectivity index (χ1n) is 16.5. The molecule has 2 aromatic carbocycles. The summed E-state index contributed by atoms with van der Waals surface area (Å²) in [5.41, 5.74) is 6.19. The number of imidazole rings is 1. The molecule has 0 aliphatic carbocycles. The van der Waals surface area contributed by atoms with Gasteiger partial charge >= 0.3 is 0 Å². The lowest BCUT2D eigenvalue weighted by atomic mass is 10.0. The minimum Gasteiger partial charge on any atom is -0.492 e. The summed E-state index contributed by atoms with van der Waals surface area (Å²) in [6.07, 6.45) is 10.3. The summed E-state index contributed by atoms with van der Waals surface area (Å²) in [4.78, 5) is 22.0. The van der Waals surface area contributed by atoms with Crippen molar-refractivity contribution in [2.45, 2.75) is 25.7 Å². The van der Waals surface area contributed by atoms with Gasteiger partial charge in [-0.3, -0.25) is 19.9 Å². The number of likely N-dealkylation sites (tertiary alicyclic amines) is 2. The molecule has 6 aromatic rings. The maximum Gasteiger partial charge on any atom is 0.178 e. The van der Waals surface area contributed by atoms with Crippen LogP contribution in [0.25, 0.3) is 55.8 Å². The molecule has 8 rings (SSSR count). The Hall–Kier alpha value is -4.87. The molecule has 0 unspecified atom stereocenters. The normalized spacial score (nSPS) is 15.7. The first-order valence-corrected chi connectivity index (χ1v) is 16.5. The Bertz CT molecular complexity index is 2010. The highest BCUT2D eigenvalue weighted by molar-refractivity contribution is 5.97. The minimum absolute atomic E-state index is 0.357. The Morgan fingerprint density at radius 2 is 1.51 bits per heavy atom. The highest BCUT2D eigenvalue weighted by Gasteiger charge is 2.18. The quantitative estimate of drug-likeness (QED) is 0.171. The number of benzene rings is 2. The Morgan fingerprint density at radius 1 is 0.766 bits per heavy atom. The first kappa shape index (κ1) is 29.5. The number of aromatic nitrogens is 6. The summed E-state index contributed by atoms with van der Waals surface area (Å²) in [5.74, 6) is 1.47. The third kappa shape index (κ3) is 6.41. The Balaban J connectivity index is 1.05. The van der Waals surface area contributed by atoms with Crippen LogP contribution in [0.4, 0.5) is 4.39 Å². The van der Waals surface area contributed by atoms with Gasteiger partial charge in [0.15, 0.2) is 11.5 Å². The third-order valence-electron chi connectivity index (χ3n) is 9.16. The number of fused-ring (bicyclic) bond motifs is 2. The average Bonchev–Trinajstić information content (AvgIpc) is 3.91. The summed E-state index contributed by atoms with van der Waals surface area (Å²) in [5, 5.41) is 8.65. The third-order valence-corrected chi connectivity index (χ3v) is 9.16. The molecule has 0 amide bonds. The van der Waals surface area contributed by atoms with Gasteiger partial charge in [0, 0.05) is 48.1 Å². The Morgan fingerprint density at radius 3 is 2.30 bits per heavy atom. The second-order valence-corrected chi connectivity index (χ2v) is 12.4. The van der Waals surface area contributed by atoms with Crippen molar-refractivity contribution in [1.29, 1.82) is 0 Å². The molecular formula is C36H37FN8O2. The van der Waals surface area contributed by atoms with Crippen molar-refractivity contribution >= 4 is 22.1 Å². The lowest BCUT2D eigenvalue weighted by Gasteiger charge is -2.15. The summed E-state index contributed by atoms with van der Waals surface area (Å²) >= 11 is 0. The topological polar surface area (TPSA) is 108 Å². The van der Waals surface area contributed by atoms with Crippen molar-refractivity contribution in [3.8, 4) is 45.3 Å². The van der Waals surface area contributed by atoms with Crippen molar-refractivity contribution in [3.05, 3.63) is 72.9 Å². The minimum atomic E-state index is -0.357. The molecule has 2 aliphatic heterocycles. The van der Waals surface area contributed by atoms with Crippen molar-refractivity contribution in [2.24, 2.45) is 0 Å². The molecule has 0 bridgehead atoms. The van der Waals surface area contributed by atoms with E-state index in [0.717, 1.165) is 72.6 Å². The van der Waals surface area contributed by atoms with Crippen LogP contribution in [-0.4, -0.2) is 92.4 Å². The number of pyridine rings is 2. The van der Waals surface area contributed by atoms with Crippen molar-refractivity contribution in [3.63, 3.8) is 0 Å². The fourth-order valence-electron chi connectivity index (χ4n) is 6.69. The average molecular weight is 633 g/mol. The van der Waals surface area contributed by atoms with Crippen LogP contribution in [0.3, 0.4) is 0 Å². The maximum atomic E-state index is 14.8. The predicted octanol–water partition coefficient (Wildman–Crippen LogP) is 6.32. The second-order valence-electron chi connectivity index (χ2n) is 12.4. The summed E-state index contributed by atoms with van der Waals surface area (Å²) in [7, 11) is 0. The number of ether oxygens (including phenoxy) is 2. The fourth-order valence-corrected chi connectivity index (χ4v) is 6.69. The van der Waals surface area contributed by atoms with E-state index in [0.29, 0.717) is 47.2 Å². The van der Waals surface area contributed by atoms with E-state index >= 15 is 0 Å². The van der Waals surface area contributed by atoms with Gasteiger partial charge in [-0.25, -0.2) is 14.4 Å². The molecule has 2 N–H and O–H groups in total. The number of hydrogen-bond acceptors (Lipinski definition) is 8. The van der Waals surface area contributed by atoms with Crippen molar-refractivity contribution in [2.75, 3.05) is 52.5 Å². The molecular weight excluding hydrogens is 595 g/mol. The molecule has 0 saturated carbocycles. The van der Waals surface area contributed by atoms with E-state index in [1.165, 1.54) is 37.8 Å². The molecule has 47 heavy (non-hydrogen) atoms. The lowest BCUT2D eigenvalue weighted by Crippen LogP contribution is -2.25. The molecule has 10 nitrogen and oxygen atoms in total. The van der Waals surface area contributed by atoms with Gasteiger partial charge in [0.05, 0.1) is 17.2 Å². The zero-order valence-corrected chi connectivity index (χ0v) is 26.2. The van der Waals surface area contributed by atoms with Gasteiger partial charge in [0.1, 0.15) is 36.2 Å². The number of nitrogens with zero attached hydrogens (tertiary/aromatic N) is 6. The molecule has 6 heterocycles. The number of hydrogen-bond donors (Lipinski definition) is 2. The van der Waals surface area contributed by atoms with Crippen LogP contribution in [0.1, 0.15) is 25.7 Å². The van der Waals surface area contributed by atoms with E-state index in [2.05, 4.69) is 41.0 Å². The van der Waals surface area contributed by atoms with E-state index in [1.54, 1.807) is 12.4 Å². The maximum absolute atomic E-state index is 14.8. The van der Waals surface area contributed by atoms with Gasteiger partial charge in [-0.1, -0.05) is 6.07 Å². The van der Waals surface area contributed by atoms with Crippen LogP contribution in [0.5, 0.6) is 11.5 Å². The molecule has 2 fully saturated rings. The predicted molar refractivity (Wildman–Crippen MR) is 180 cm³/mol. The van der Waals surface area contributed by atoms with Crippen molar-refractivity contribution < 1.29 is 13.9 Å². The standard InChI is InChI=1S/C36H37FN8O2/c37-27-17-25(18-28(21-27)46-15-13-44-9-1-2-10-44)30-7-8-39-35-33(30)40-36(41-35)34-31-20-24(5-6-32(31)42-43-34)26-19-29(23-38-22-26)47-16-14-45-11-3-4-12-45/h5-8,17-23H,1-4,9-16H2,(H,42,43)(H,39,40,41). The van der Waals surface area contributed by atoms with Crippen molar-refractivity contribution in [1.82, 2.24) is 39.9 Å². The van der Waals surface area contributed by atoms with Gasteiger partial charge in [0.25, 0.3) is 0 Å². The SMILES string of the molecule is Fc1cc(OCCN2CCCC2)cc(-c2ccnc3nc(-c4n[nH]c5ccc(-c6cncc(OCCN7CCCC7)c6)cc45)[nH]c23)c1. The van der Waals surface area contributed by atoms with E-state index in [-0.39, 0.29) is 5.82 Å². The first-order chi connectivity index (χ1) is 23.2. The molecule has 4 aromatic heterocycles. The van der Waals surface area contributed by atoms with Crippen LogP contribution in [0.2, 0.25) is 0 Å². The highest BCUT2D eigenvalue weighted by atomic mass is 19.1. The lowest BCUT2D eigenvalue weighted by molar-refractivity contribution is 0.237. The highest BCUT2D eigenvalue weighted by Crippen LogP contribution is 2.34. The molecule has 0 radical (unpaired) electrons. The van der Waals surface area contributed by atoms with E-state index in [9.17, 15) is 4.39 Å². The zero-order chi connectivity index (χ0) is 31.6. The van der Waals surface area contributed by atoms with Crippen LogP contribution in [-0.2, 0) is 0 Å². The van der Waals surface area contributed by atoms with Crippen LogP contribution >= 0.6 is 0 Å². The number of rotatable bonds is 11. The Kier molecular flexibility index (Phi) is 8.22. The number of nitrogens with one attached hydrogen (secondary N) is 2. The second kappa shape index (κ2) is 13.1. The smallest absolute Gasteiger partial charge is 0.178 e. The summed E-state index contributed by atoms with van der Waals surface area (Å²) < 4.78 is 26.8. The molecule has 2 saturated heterocycles. The molecule has 240 valence electrons. The number of halogens is 1. The Labute approximate surface area is 272 Å². The fraction of sp³-hybridized carbons (Fsp3) is 0.333. The van der Waals surface area contributed by atoms with E-state index < -0.39 is 0 Å². The molecule has 0 spiro atoms.